The highest BCUT2D eigenvalue weighted by Gasteiger charge is 2.28. The highest BCUT2D eigenvalue weighted by atomic mass is 79.9. The summed E-state index contributed by atoms with van der Waals surface area (Å²) in [4.78, 5) is 11.8. The van der Waals surface area contributed by atoms with E-state index >= 15 is 0 Å². The number of amides is 1. The van der Waals surface area contributed by atoms with Crippen molar-refractivity contribution in [3.05, 3.63) is 28.2 Å². The van der Waals surface area contributed by atoms with Gasteiger partial charge in [-0.2, -0.15) is 0 Å². The monoisotopic (exact) mass is 382 g/mol. The largest absolute Gasteiger partial charge is 0.444 e. The number of benzene rings is 1. The molecule has 1 amide bonds. The molecule has 0 heterocycles. The molecule has 0 spiro atoms. The molecule has 1 aromatic carbocycles. The predicted octanol–water partition coefficient (Wildman–Crippen LogP) is 4.86. The Balaban J connectivity index is 1.90. The molecule has 5 heteroatoms. The van der Waals surface area contributed by atoms with Crippen LogP contribution in [0.5, 0.6) is 0 Å². The fourth-order valence-corrected chi connectivity index (χ4v) is 3.33. The molecule has 0 aliphatic heterocycles. The Morgan fingerprint density at radius 3 is 2.78 bits per heavy atom. The Bertz CT molecular complexity index is 554. The second-order valence-corrected chi connectivity index (χ2v) is 8.09. The maximum atomic E-state index is 11.8. The molecule has 1 aliphatic rings. The highest BCUT2D eigenvalue weighted by Crippen LogP contribution is 2.31. The summed E-state index contributed by atoms with van der Waals surface area (Å²) < 4.78 is 6.42. The van der Waals surface area contributed by atoms with Crippen LogP contribution in [0, 0.1) is 12.8 Å². The van der Waals surface area contributed by atoms with Crippen LogP contribution in [0.2, 0.25) is 0 Å². The molecule has 2 atom stereocenters. The lowest BCUT2D eigenvalue weighted by Gasteiger charge is -2.25. The molecule has 1 saturated carbocycles. The average Bonchev–Trinajstić information content (AvgIpc) is 2.87. The van der Waals surface area contributed by atoms with Gasteiger partial charge in [0.2, 0.25) is 0 Å². The molecule has 1 aliphatic carbocycles. The second-order valence-electron chi connectivity index (χ2n) is 7.24. The summed E-state index contributed by atoms with van der Waals surface area (Å²) in [6.45, 7) is 8.39. The van der Waals surface area contributed by atoms with Gasteiger partial charge in [0, 0.05) is 22.7 Å². The summed E-state index contributed by atoms with van der Waals surface area (Å²) in [5.74, 6) is 0.431. The Morgan fingerprint density at radius 2 is 2.09 bits per heavy atom. The lowest BCUT2D eigenvalue weighted by molar-refractivity contribution is 0.0519. The number of nitrogens with one attached hydrogen (secondary N) is 2. The van der Waals surface area contributed by atoms with Crippen molar-refractivity contribution in [1.29, 1.82) is 0 Å². The number of halogens is 1. The van der Waals surface area contributed by atoms with E-state index in [2.05, 4.69) is 45.6 Å². The zero-order valence-corrected chi connectivity index (χ0v) is 16.0. The molecule has 0 radical (unpaired) electrons. The summed E-state index contributed by atoms with van der Waals surface area (Å²) in [5, 5.41) is 6.56. The van der Waals surface area contributed by atoms with Crippen LogP contribution in [0.25, 0.3) is 0 Å². The smallest absolute Gasteiger partial charge is 0.407 e. The number of ether oxygens (including phenoxy) is 1. The standard InChI is InChI=1S/C18H27BrN2O2/c1-12-14(19)8-6-9-15(12)21-16-10-5-7-13(16)11-20-17(22)23-18(2,3)4/h6,8-9,13,16,21H,5,7,10-11H2,1-4H3,(H,20,22). The van der Waals surface area contributed by atoms with Gasteiger partial charge in [-0.15, -0.1) is 0 Å². The van der Waals surface area contributed by atoms with Crippen molar-refractivity contribution in [2.24, 2.45) is 5.92 Å². The van der Waals surface area contributed by atoms with Gasteiger partial charge in [0.05, 0.1) is 0 Å². The van der Waals surface area contributed by atoms with Crippen LogP contribution in [0.15, 0.2) is 22.7 Å². The van der Waals surface area contributed by atoms with E-state index in [0.29, 0.717) is 18.5 Å². The fourth-order valence-electron chi connectivity index (χ4n) is 2.96. The minimum absolute atomic E-state index is 0.332. The zero-order chi connectivity index (χ0) is 17.0. The summed E-state index contributed by atoms with van der Waals surface area (Å²) in [7, 11) is 0. The van der Waals surface area contributed by atoms with Crippen molar-refractivity contribution < 1.29 is 9.53 Å². The number of anilines is 1. The topological polar surface area (TPSA) is 50.4 Å². The minimum atomic E-state index is -0.454. The van der Waals surface area contributed by atoms with Crippen molar-refractivity contribution >= 4 is 27.7 Å². The molecular weight excluding hydrogens is 356 g/mol. The van der Waals surface area contributed by atoms with Crippen molar-refractivity contribution in [2.45, 2.75) is 58.6 Å². The molecule has 23 heavy (non-hydrogen) atoms. The molecular formula is C18H27BrN2O2. The van der Waals surface area contributed by atoms with Gasteiger partial charge in [-0.25, -0.2) is 4.79 Å². The number of rotatable bonds is 4. The van der Waals surface area contributed by atoms with E-state index in [0.717, 1.165) is 23.0 Å². The quantitative estimate of drug-likeness (QED) is 0.781. The number of alkyl carbamates (subject to hydrolysis) is 1. The minimum Gasteiger partial charge on any atom is -0.444 e. The second kappa shape index (κ2) is 7.56. The number of carbonyl (C=O) groups excluding carboxylic acids is 1. The van der Waals surface area contributed by atoms with Crippen LogP contribution in [-0.4, -0.2) is 24.3 Å². The van der Waals surface area contributed by atoms with E-state index in [1.807, 2.05) is 26.8 Å². The van der Waals surface area contributed by atoms with Crippen molar-refractivity contribution in [3.8, 4) is 0 Å². The SMILES string of the molecule is Cc1c(Br)cccc1NC1CCCC1CNC(=O)OC(C)(C)C. The van der Waals surface area contributed by atoms with E-state index in [4.69, 9.17) is 4.74 Å². The fraction of sp³-hybridized carbons (Fsp3) is 0.611. The van der Waals surface area contributed by atoms with Gasteiger partial charge in [0.25, 0.3) is 0 Å². The maximum Gasteiger partial charge on any atom is 0.407 e. The van der Waals surface area contributed by atoms with Gasteiger partial charge in [0.15, 0.2) is 0 Å². The van der Waals surface area contributed by atoms with Crippen molar-refractivity contribution in [2.75, 3.05) is 11.9 Å². The van der Waals surface area contributed by atoms with Crippen molar-refractivity contribution in [1.82, 2.24) is 5.32 Å². The molecule has 0 saturated heterocycles. The lowest BCUT2D eigenvalue weighted by atomic mass is 10.0. The third-order valence-corrected chi connectivity index (χ3v) is 5.03. The molecule has 128 valence electrons. The predicted molar refractivity (Wildman–Crippen MR) is 97.9 cm³/mol. The zero-order valence-electron chi connectivity index (χ0n) is 14.4. The Morgan fingerprint density at radius 1 is 1.35 bits per heavy atom. The normalized spacial score (nSPS) is 21.1. The lowest BCUT2D eigenvalue weighted by Crippen LogP contribution is -2.38. The molecule has 1 aromatic rings. The molecule has 1 fully saturated rings. The summed E-state index contributed by atoms with van der Waals surface area (Å²) in [6, 6.07) is 6.59. The number of carbonyl (C=O) groups is 1. The number of hydrogen-bond acceptors (Lipinski definition) is 3. The Labute approximate surface area is 147 Å². The van der Waals surface area contributed by atoms with Gasteiger partial charge in [-0.3, -0.25) is 0 Å². The van der Waals surface area contributed by atoms with Crippen LogP contribution >= 0.6 is 15.9 Å². The highest BCUT2D eigenvalue weighted by molar-refractivity contribution is 9.10. The van der Waals surface area contributed by atoms with Gasteiger partial charge >= 0.3 is 6.09 Å². The molecule has 0 aromatic heterocycles. The molecule has 2 rings (SSSR count). The van der Waals surface area contributed by atoms with Gasteiger partial charge < -0.3 is 15.4 Å². The van der Waals surface area contributed by atoms with E-state index < -0.39 is 5.60 Å². The molecule has 2 N–H and O–H groups in total. The van der Waals surface area contributed by atoms with Gasteiger partial charge in [-0.1, -0.05) is 28.4 Å². The van der Waals surface area contributed by atoms with Crippen LogP contribution in [-0.2, 0) is 4.74 Å². The molecule has 4 nitrogen and oxygen atoms in total. The van der Waals surface area contributed by atoms with Crippen LogP contribution in [0.1, 0.15) is 45.6 Å². The molecule has 2 unspecified atom stereocenters. The summed E-state index contributed by atoms with van der Waals surface area (Å²) >= 11 is 3.57. The number of hydrogen-bond donors (Lipinski definition) is 2. The van der Waals surface area contributed by atoms with Crippen LogP contribution in [0.3, 0.4) is 0 Å². The van der Waals surface area contributed by atoms with E-state index in [1.54, 1.807) is 0 Å². The maximum absolute atomic E-state index is 11.8. The Hall–Kier alpha value is -1.23. The first-order valence-electron chi connectivity index (χ1n) is 8.25. The summed E-state index contributed by atoms with van der Waals surface area (Å²) in [6.07, 6.45) is 3.11. The van der Waals surface area contributed by atoms with Crippen LogP contribution < -0.4 is 10.6 Å². The van der Waals surface area contributed by atoms with E-state index in [-0.39, 0.29) is 6.09 Å². The van der Waals surface area contributed by atoms with Gasteiger partial charge in [-0.05, 0) is 64.2 Å². The Kier molecular flexibility index (Phi) is 5.95. The first-order valence-corrected chi connectivity index (χ1v) is 9.04. The van der Waals surface area contributed by atoms with E-state index in [1.165, 1.54) is 12.0 Å². The van der Waals surface area contributed by atoms with E-state index in [9.17, 15) is 4.79 Å². The first-order chi connectivity index (χ1) is 10.8. The summed E-state index contributed by atoms with van der Waals surface area (Å²) in [5.41, 5.74) is 1.93. The van der Waals surface area contributed by atoms with Gasteiger partial charge in [0.1, 0.15) is 5.60 Å². The van der Waals surface area contributed by atoms with Crippen LogP contribution in [0.4, 0.5) is 10.5 Å². The third-order valence-electron chi connectivity index (χ3n) is 4.18. The third kappa shape index (κ3) is 5.41. The molecule has 0 bridgehead atoms. The average molecular weight is 383 g/mol. The van der Waals surface area contributed by atoms with Crippen molar-refractivity contribution in [3.63, 3.8) is 0 Å². The first kappa shape index (κ1) is 18.1.